The lowest BCUT2D eigenvalue weighted by atomic mass is 9.81. The van der Waals surface area contributed by atoms with E-state index in [0.717, 1.165) is 16.8 Å². The van der Waals surface area contributed by atoms with Crippen LogP contribution in [0.25, 0.3) is 0 Å². The number of hydrogen-bond donors (Lipinski definition) is 1. The number of carbonyl (C=O) groups excluding carboxylic acids is 2. The number of aryl methyl sites for hydroxylation is 1. The number of likely N-dealkylation sites (tertiary alicyclic amines) is 1. The van der Waals surface area contributed by atoms with Crippen molar-refractivity contribution in [1.29, 1.82) is 0 Å². The van der Waals surface area contributed by atoms with E-state index in [4.69, 9.17) is 9.47 Å². The molecule has 1 N–H and O–H groups in total. The zero-order valence-electron chi connectivity index (χ0n) is 15.5. The first-order chi connectivity index (χ1) is 13.0. The van der Waals surface area contributed by atoms with E-state index in [9.17, 15) is 9.59 Å². The zero-order chi connectivity index (χ0) is 19.0. The van der Waals surface area contributed by atoms with Crippen LogP contribution in [0.4, 0.5) is 5.69 Å². The third kappa shape index (κ3) is 3.01. The highest BCUT2D eigenvalue weighted by atomic mass is 16.5. The smallest absolute Gasteiger partial charge is 0.260 e. The van der Waals surface area contributed by atoms with E-state index < -0.39 is 5.41 Å². The summed E-state index contributed by atoms with van der Waals surface area (Å²) in [6.07, 6.45) is 0.592. The van der Waals surface area contributed by atoms with Crippen LogP contribution >= 0.6 is 0 Å². The molecule has 1 atom stereocenters. The number of nitrogens with one attached hydrogen (secondary N) is 1. The molecule has 1 spiro atoms. The van der Waals surface area contributed by atoms with Crippen LogP contribution in [-0.4, -0.2) is 43.5 Å². The normalized spacial score (nSPS) is 20.5. The first-order valence-corrected chi connectivity index (χ1v) is 8.99. The van der Waals surface area contributed by atoms with Gasteiger partial charge in [-0.2, -0.15) is 0 Å². The van der Waals surface area contributed by atoms with Gasteiger partial charge in [0.1, 0.15) is 11.5 Å². The van der Waals surface area contributed by atoms with Crippen molar-refractivity contribution in [3.63, 3.8) is 0 Å². The predicted octanol–water partition coefficient (Wildman–Crippen LogP) is 2.50. The average Bonchev–Trinajstić information content (AvgIpc) is 3.23. The van der Waals surface area contributed by atoms with Gasteiger partial charge in [0.05, 0.1) is 12.5 Å². The molecule has 6 nitrogen and oxygen atoms in total. The Morgan fingerprint density at radius 2 is 2.07 bits per heavy atom. The van der Waals surface area contributed by atoms with Crippen LogP contribution in [0.2, 0.25) is 0 Å². The maximum Gasteiger partial charge on any atom is 0.260 e. The molecule has 6 heteroatoms. The fourth-order valence-corrected chi connectivity index (χ4v) is 3.89. The molecule has 140 valence electrons. The molecule has 2 aliphatic heterocycles. The van der Waals surface area contributed by atoms with E-state index in [2.05, 4.69) is 5.32 Å². The summed E-state index contributed by atoms with van der Waals surface area (Å²) >= 11 is 0. The first kappa shape index (κ1) is 17.4. The highest BCUT2D eigenvalue weighted by Gasteiger charge is 2.52. The van der Waals surface area contributed by atoms with Gasteiger partial charge in [-0.3, -0.25) is 9.59 Å². The van der Waals surface area contributed by atoms with Crippen molar-refractivity contribution >= 4 is 17.5 Å². The summed E-state index contributed by atoms with van der Waals surface area (Å²) in [5, 5.41) is 2.94. The molecule has 4 rings (SSSR count). The Morgan fingerprint density at radius 3 is 2.85 bits per heavy atom. The molecule has 2 aromatic rings. The van der Waals surface area contributed by atoms with Gasteiger partial charge in [0, 0.05) is 18.8 Å². The predicted molar refractivity (Wildman–Crippen MR) is 101 cm³/mol. The Labute approximate surface area is 158 Å². The van der Waals surface area contributed by atoms with Gasteiger partial charge in [-0.1, -0.05) is 12.1 Å². The highest BCUT2D eigenvalue weighted by Crippen LogP contribution is 2.45. The van der Waals surface area contributed by atoms with Gasteiger partial charge >= 0.3 is 0 Å². The molecular formula is C21H22N2O4. The third-order valence-corrected chi connectivity index (χ3v) is 5.40. The van der Waals surface area contributed by atoms with Gasteiger partial charge in [-0.25, -0.2) is 0 Å². The lowest BCUT2D eigenvalue weighted by Crippen LogP contribution is -2.40. The Balaban J connectivity index is 1.48. The minimum Gasteiger partial charge on any atom is -0.497 e. The van der Waals surface area contributed by atoms with Gasteiger partial charge in [-0.05, 0) is 54.8 Å². The molecule has 0 radical (unpaired) electrons. The molecular weight excluding hydrogens is 344 g/mol. The van der Waals surface area contributed by atoms with Crippen LogP contribution in [-0.2, 0) is 15.0 Å². The monoisotopic (exact) mass is 366 g/mol. The minimum absolute atomic E-state index is 0.0356. The summed E-state index contributed by atoms with van der Waals surface area (Å²) in [4.78, 5) is 27.1. The van der Waals surface area contributed by atoms with Crippen molar-refractivity contribution in [2.24, 2.45) is 0 Å². The maximum absolute atomic E-state index is 12.7. The van der Waals surface area contributed by atoms with Gasteiger partial charge in [0.2, 0.25) is 5.91 Å². The second kappa shape index (κ2) is 6.61. The fraction of sp³-hybridized carbons (Fsp3) is 0.333. The number of rotatable bonds is 4. The molecule has 27 heavy (non-hydrogen) atoms. The molecule has 2 heterocycles. The molecule has 0 aromatic heterocycles. The van der Waals surface area contributed by atoms with E-state index in [1.165, 1.54) is 0 Å². The Kier molecular flexibility index (Phi) is 4.26. The summed E-state index contributed by atoms with van der Waals surface area (Å²) < 4.78 is 10.9. The van der Waals surface area contributed by atoms with Crippen molar-refractivity contribution in [3.8, 4) is 11.5 Å². The second-order valence-electron chi connectivity index (χ2n) is 7.12. The zero-order valence-corrected chi connectivity index (χ0v) is 15.5. The van der Waals surface area contributed by atoms with Crippen LogP contribution in [0.5, 0.6) is 11.5 Å². The minimum atomic E-state index is -0.705. The average molecular weight is 366 g/mol. The Morgan fingerprint density at radius 1 is 1.22 bits per heavy atom. The molecule has 0 aliphatic carbocycles. The van der Waals surface area contributed by atoms with Gasteiger partial charge in [0.25, 0.3) is 5.91 Å². The fourth-order valence-electron chi connectivity index (χ4n) is 3.89. The SMILES string of the molecule is COc1ccc2c(c1)C1(CCN(C(=O)COc3cccc(C)c3)C1)C(=O)N2. The molecule has 0 saturated carbocycles. The van der Waals surface area contributed by atoms with Crippen LogP contribution < -0.4 is 14.8 Å². The van der Waals surface area contributed by atoms with E-state index in [-0.39, 0.29) is 18.4 Å². The summed E-state index contributed by atoms with van der Waals surface area (Å²) in [6.45, 7) is 2.82. The van der Waals surface area contributed by atoms with Crippen LogP contribution in [0.3, 0.4) is 0 Å². The lowest BCUT2D eigenvalue weighted by Gasteiger charge is -2.23. The van der Waals surface area contributed by atoms with Gasteiger partial charge in [-0.15, -0.1) is 0 Å². The highest BCUT2D eigenvalue weighted by molar-refractivity contribution is 6.07. The number of hydrogen-bond acceptors (Lipinski definition) is 4. The van der Waals surface area contributed by atoms with Crippen molar-refractivity contribution in [1.82, 2.24) is 4.90 Å². The number of carbonyl (C=O) groups is 2. The molecule has 0 bridgehead atoms. The standard InChI is InChI=1S/C21H22N2O4/c1-14-4-3-5-16(10-14)27-12-19(24)23-9-8-21(13-23)17-11-15(26-2)6-7-18(17)22-20(21)25/h3-7,10-11H,8-9,12-13H2,1-2H3,(H,22,25). The van der Waals surface area contributed by atoms with E-state index >= 15 is 0 Å². The Hall–Kier alpha value is -3.02. The summed E-state index contributed by atoms with van der Waals surface area (Å²) in [5.41, 5.74) is 2.07. The quantitative estimate of drug-likeness (QED) is 0.903. The number of methoxy groups -OCH3 is 1. The van der Waals surface area contributed by atoms with Crippen molar-refractivity contribution < 1.29 is 19.1 Å². The Bertz CT molecular complexity index is 911. The van der Waals surface area contributed by atoms with Crippen molar-refractivity contribution in [2.45, 2.75) is 18.8 Å². The number of amides is 2. The molecule has 1 saturated heterocycles. The van der Waals surface area contributed by atoms with Crippen LogP contribution in [0.15, 0.2) is 42.5 Å². The number of nitrogens with zero attached hydrogens (tertiary/aromatic N) is 1. The summed E-state index contributed by atoms with van der Waals surface area (Å²) in [7, 11) is 1.60. The third-order valence-electron chi connectivity index (χ3n) is 5.40. The summed E-state index contributed by atoms with van der Waals surface area (Å²) in [5.74, 6) is 1.21. The van der Waals surface area contributed by atoms with E-state index in [1.54, 1.807) is 12.0 Å². The number of fused-ring (bicyclic) bond motifs is 2. The van der Waals surface area contributed by atoms with E-state index in [0.29, 0.717) is 31.0 Å². The number of benzene rings is 2. The van der Waals surface area contributed by atoms with Gasteiger partial charge in [0.15, 0.2) is 6.61 Å². The molecule has 2 aliphatic rings. The second-order valence-corrected chi connectivity index (χ2v) is 7.12. The van der Waals surface area contributed by atoms with Crippen molar-refractivity contribution in [2.75, 3.05) is 32.1 Å². The summed E-state index contributed by atoms with van der Waals surface area (Å²) in [6, 6.07) is 13.2. The molecule has 1 fully saturated rings. The van der Waals surface area contributed by atoms with Gasteiger partial charge < -0.3 is 19.7 Å². The van der Waals surface area contributed by atoms with Crippen LogP contribution in [0.1, 0.15) is 17.5 Å². The molecule has 1 unspecified atom stereocenters. The van der Waals surface area contributed by atoms with E-state index in [1.807, 2.05) is 49.4 Å². The van der Waals surface area contributed by atoms with Crippen LogP contribution in [0, 0.1) is 6.92 Å². The number of anilines is 1. The molecule has 2 aromatic carbocycles. The topological polar surface area (TPSA) is 67.9 Å². The molecule has 2 amide bonds. The first-order valence-electron chi connectivity index (χ1n) is 8.99. The van der Waals surface area contributed by atoms with Crippen molar-refractivity contribution in [3.05, 3.63) is 53.6 Å². The number of ether oxygens (including phenoxy) is 2. The maximum atomic E-state index is 12.7. The lowest BCUT2D eigenvalue weighted by molar-refractivity contribution is -0.132. The largest absolute Gasteiger partial charge is 0.497 e.